The van der Waals surface area contributed by atoms with Crippen LogP contribution in [0.5, 0.6) is 0 Å². The van der Waals surface area contributed by atoms with Crippen molar-refractivity contribution in [1.82, 2.24) is 0 Å². The fourth-order valence-electron chi connectivity index (χ4n) is 2.07. The maximum Gasteiger partial charge on any atom is 0.293 e. The van der Waals surface area contributed by atoms with Crippen LogP contribution in [0.25, 0.3) is 0 Å². The van der Waals surface area contributed by atoms with Crippen molar-refractivity contribution in [2.45, 2.75) is 19.3 Å². The molecule has 0 saturated heterocycles. The Labute approximate surface area is 140 Å². The molecule has 0 aromatic heterocycles. The summed E-state index contributed by atoms with van der Waals surface area (Å²) in [7, 11) is -3.57. The van der Waals surface area contributed by atoms with Gasteiger partial charge in [0.05, 0.1) is 5.75 Å². The zero-order valence-electron chi connectivity index (χ0n) is 13.1. The Bertz CT molecular complexity index is 811. The van der Waals surface area contributed by atoms with Gasteiger partial charge in [0.1, 0.15) is 6.61 Å². The van der Waals surface area contributed by atoms with Crippen LogP contribution in [0.1, 0.15) is 28.4 Å². The van der Waals surface area contributed by atoms with E-state index >= 15 is 0 Å². The minimum absolute atomic E-state index is 0.0805. The maximum atomic E-state index is 12.2. The summed E-state index contributed by atoms with van der Waals surface area (Å²) in [4.78, 5) is 21.3. The van der Waals surface area contributed by atoms with Gasteiger partial charge in [-0.2, -0.15) is 0 Å². The SMILES string of the molecule is CC(=O)c1ccc(NS(=O)(=O)Cc2ccc(COC=O)cc2)cc1. The number of anilines is 1. The van der Waals surface area contributed by atoms with Crippen LogP contribution in [0.3, 0.4) is 0 Å². The predicted octanol–water partition coefficient (Wildman–Crippen LogP) is 2.50. The summed E-state index contributed by atoms with van der Waals surface area (Å²) in [5.74, 6) is -0.265. The molecule has 2 rings (SSSR count). The Morgan fingerprint density at radius 3 is 2.17 bits per heavy atom. The molecule has 0 aliphatic rings. The summed E-state index contributed by atoms with van der Waals surface area (Å²) in [6.07, 6.45) is 0. The number of benzene rings is 2. The second-order valence-corrected chi connectivity index (χ2v) is 6.94. The van der Waals surface area contributed by atoms with Gasteiger partial charge in [0.2, 0.25) is 10.0 Å². The maximum absolute atomic E-state index is 12.2. The van der Waals surface area contributed by atoms with Gasteiger partial charge in [0.25, 0.3) is 6.47 Å². The highest BCUT2D eigenvalue weighted by molar-refractivity contribution is 7.91. The molecule has 2 aromatic rings. The van der Waals surface area contributed by atoms with Crippen molar-refractivity contribution in [2.24, 2.45) is 0 Å². The van der Waals surface area contributed by atoms with Gasteiger partial charge in [-0.05, 0) is 42.3 Å². The van der Waals surface area contributed by atoms with Gasteiger partial charge in [-0.15, -0.1) is 0 Å². The Hall–Kier alpha value is -2.67. The van der Waals surface area contributed by atoms with E-state index in [0.29, 0.717) is 23.3 Å². The Balaban J connectivity index is 2.02. The summed E-state index contributed by atoms with van der Waals surface area (Å²) in [5, 5.41) is 0. The molecule has 2 aromatic carbocycles. The minimum Gasteiger partial charge on any atom is -0.463 e. The van der Waals surface area contributed by atoms with Crippen LogP contribution in [0.15, 0.2) is 48.5 Å². The first-order chi connectivity index (χ1) is 11.4. The fraction of sp³-hybridized carbons (Fsp3) is 0.176. The Morgan fingerprint density at radius 2 is 1.62 bits per heavy atom. The first kappa shape index (κ1) is 17.7. The number of hydrogen-bond acceptors (Lipinski definition) is 5. The molecular formula is C17H17NO5S. The van der Waals surface area contributed by atoms with Gasteiger partial charge in [0.15, 0.2) is 5.78 Å². The van der Waals surface area contributed by atoms with Gasteiger partial charge in [0, 0.05) is 11.3 Å². The second kappa shape index (κ2) is 7.74. The first-order valence-corrected chi connectivity index (χ1v) is 8.79. The van der Waals surface area contributed by atoms with Crippen molar-refractivity contribution in [2.75, 3.05) is 4.72 Å². The normalized spacial score (nSPS) is 10.9. The van der Waals surface area contributed by atoms with Crippen molar-refractivity contribution in [3.05, 3.63) is 65.2 Å². The average molecular weight is 347 g/mol. The van der Waals surface area contributed by atoms with Crippen LogP contribution in [-0.2, 0) is 31.9 Å². The lowest BCUT2D eigenvalue weighted by Crippen LogP contribution is -2.15. The van der Waals surface area contributed by atoms with Gasteiger partial charge in [-0.3, -0.25) is 14.3 Å². The lowest BCUT2D eigenvalue weighted by Gasteiger charge is -2.09. The molecule has 0 aliphatic carbocycles. The number of ketones is 1. The molecule has 7 heteroatoms. The fourth-order valence-corrected chi connectivity index (χ4v) is 3.27. The molecule has 0 amide bonds. The van der Waals surface area contributed by atoms with E-state index in [2.05, 4.69) is 9.46 Å². The van der Waals surface area contributed by atoms with Gasteiger partial charge in [-0.1, -0.05) is 24.3 Å². The van der Waals surface area contributed by atoms with Gasteiger partial charge >= 0.3 is 0 Å². The third-order valence-corrected chi connectivity index (χ3v) is 4.52. The minimum atomic E-state index is -3.57. The van der Waals surface area contributed by atoms with Crippen molar-refractivity contribution in [3.63, 3.8) is 0 Å². The van der Waals surface area contributed by atoms with E-state index in [-0.39, 0.29) is 18.1 Å². The lowest BCUT2D eigenvalue weighted by atomic mass is 10.1. The molecule has 24 heavy (non-hydrogen) atoms. The number of carbonyl (C=O) groups is 2. The summed E-state index contributed by atoms with van der Waals surface area (Å²) in [5.41, 5.74) is 2.30. The average Bonchev–Trinajstić information content (AvgIpc) is 2.54. The van der Waals surface area contributed by atoms with Crippen LogP contribution in [0.2, 0.25) is 0 Å². The largest absolute Gasteiger partial charge is 0.463 e. The van der Waals surface area contributed by atoms with Crippen LogP contribution in [0.4, 0.5) is 5.69 Å². The molecule has 0 radical (unpaired) electrons. The van der Waals surface area contributed by atoms with Crippen LogP contribution in [0, 0.1) is 0 Å². The number of hydrogen-bond donors (Lipinski definition) is 1. The topological polar surface area (TPSA) is 89.5 Å². The van der Waals surface area contributed by atoms with E-state index in [1.165, 1.54) is 6.92 Å². The molecule has 0 unspecified atom stereocenters. The predicted molar refractivity (Wildman–Crippen MR) is 90.0 cm³/mol. The number of nitrogens with one attached hydrogen (secondary N) is 1. The number of rotatable bonds is 8. The van der Waals surface area contributed by atoms with E-state index in [1.807, 2.05) is 0 Å². The molecule has 0 bridgehead atoms. The molecule has 0 fully saturated rings. The van der Waals surface area contributed by atoms with E-state index in [1.54, 1.807) is 48.5 Å². The molecule has 1 N–H and O–H groups in total. The van der Waals surface area contributed by atoms with Crippen LogP contribution >= 0.6 is 0 Å². The van der Waals surface area contributed by atoms with E-state index < -0.39 is 10.0 Å². The summed E-state index contributed by atoms with van der Waals surface area (Å²) in [6, 6.07) is 13.0. The van der Waals surface area contributed by atoms with Crippen molar-refractivity contribution >= 4 is 28.0 Å². The number of ether oxygens (including phenoxy) is 1. The molecule has 6 nitrogen and oxygen atoms in total. The molecule has 0 spiro atoms. The van der Waals surface area contributed by atoms with E-state index in [0.717, 1.165) is 5.56 Å². The highest BCUT2D eigenvalue weighted by atomic mass is 32.2. The first-order valence-electron chi connectivity index (χ1n) is 7.14. The van der Waals surface area contributed by atoms with Crippen LogP contribution in [-0.4, -0.2) is 20.7 Å². The quantitative estimate of drug-likeness (QED) is 0.585. The zero-order chi connectivity index (χ0) is 17.6. The second-order valence-electron chi connectivity index (χ2n) is 5.22. The van der Waals surface area contributed by atoms with E-state index in [4.69, 9.17) is 0 Å². The third kappa shape index (κ3) is 5.20. The smallest absolute Gasteiger partial charge is 0.293 e. The Kier molecular flexibility index (Phi) is 5.70. The molecular weight excluding hydrogens is 330 g/mol. The molecule has 126 valence electrons. The monoisotopic (exact) mass is 347 g/mol. The van der Waals surface area contributed by atoms with Crippen molar-refractivity contribution in [3.8, 4) is 0 Å². The molecule has 0 aliphatic heterocycles. The van der Waals surface area contributed by atoms with Gasteiger partial charge in [-0.25, -0.2) is 8.42 Å². The molecule has 0 saturated carbocycles. The van der Waals surface area contributed by atoms with Crippen LogP contribution < -0.4 is 4.72 Å². The highest BCUT2D eigenvalue weighted by Crippen LogP contribution is 2.15. The standard InChI is InChI=1S/C17H17NO5S/c1-13(20)16-6-8-17(9-7-16)18-24(21,22)11-15-4-2-14(3-5-15)10-23-12-19/h2-9,12,18H,10-11H2,1H3. The number of Topliss-reactive ketones (excluding diaryl/α,β-unsaturated/α-hetero) is 1. The Morgan fingerprint density at radius 1 is 1.04 bits per heavy atom. The third-order valence-electron chi connectivity index (χ3n) is 3.26. The molecule has 0 heterocycles. The van der Waals surface area contributed by atoms with E-state index in [9.17, 15) is 18.0 Å². The number of sulfonamides is 1. The zero-order valence-corrected chi connectivity index (χ0v) is 13.9. The van der Waals surface area contributed by atoms with Crippen molar-refractivity contribution < 1.29 is 22.7 Å². The molecule has 0 atom stereocenters. The van der Waals surface area contributed by atoms with Crippen molar-refractivity contribution in [1.29, 1.82) is 0 Å². The van der Waals surface area contributed by atoms with Gasteiger partial charge < -0.3 is 4.74 Å². The summed E-state index contributed by atoms with van der Waals surface area (Å²) in [6.45, 7) is 1.96. The summed E-state index contributed by atoms with van der Waals surface area (Å²) >= 11 is 0. The summed E-state index contributed by atoms with van der Waals surface area (Å²) < 4.78 is 31.5. The highest BCUT2D eigenvalue weighted by Gasteiger charge is 2.12. The lowest BCUT2D eigenvalue weighted by molar-refractivity contribution is -0.129. The number of carbonyl (C=O) groups excluding carboxylic acids is 2.